The van der Waals surface area contributed by atoms with Crippen LogP contribution < -0.4 is 10.6 Å². The molecule has 2 unspecified atom stereocenters. The highest BCUT2D eigenvalue weighted by Gasteiger charge is 2.33. The summed E-state index contributed by atoms with van der Waals surface area (Å²) in [5.41, 5.74) is 5.11. The first-order valence-corrected chi connectivity index (χ1v) is 12.4. The summed E-state index contributed by atoms with van der Waals surface area (Å²) in [5, 5.41) is 16.0. The van der Waals surface area contributed by atoms with Crippen LogP contribution in [-0.2, 0) is 4.79 Å². The largest absolute Gasteiger partial charge is 0.481 e. The van der Waals surface area contributed by atoms with Gasteiger partial charge in [-0.2, -0.15) is 4.98 Å². The molecule has 0 radical (unpaired) electrons. The summed E-state index contributed by atoms with van der Waals surface area (Å²) in [7, 11) is 0. The minimum atomic E-state index is -0.718. The smallest absolute Gasteiger partial charge is 0.303 e. The van der Waals surface area contributed by atoms with Crippen molar-refractivity contribution >= 4 is 23.4 Å². The Morgan fingerprint density at radius 1 is 0.944 bits per heavy atom. The number of hydrogen-bond acceptors (Lipinski definition) is 5. The van der Waals surface area contributed by atoms with Crippen molar-refractivity contribution in [3.8, 4) is 11.3 Å². The number of nitrogens with zero attached hydrogens (tertiary/aromatic N) is 2. The predicted octanol–water partition coefficient (Wildman–Crippen LogP) is 7.03. The van der Waals surface area contributed by atoms with E-state index in [1.165, 1.54) is 11.1 Å². The third-order valence-corrected chi connectivity index (χ3v) is 6.91. The normalized spacial score (nSPS) is 17.6. The fraction of sp³-hybridized carbons (Fsp3) is 0.233. The van der Waals surface area contributed by atoms with Crippen LogP contribution in [0.3, 0.4) is 0 Å². The molecule has 0 bridgehead atoms. The van der Waals surface area contributed by atoms with E-state index in [2.05, 4.69) is 41.8 Å². The lowest BCUT2D eigenvalue weighted by molar-refractivity contribution is -0.139. The Morgan fingerprint density at radius 2 is 1.64 bits per heavy atom. The van der Waals surface area contributed by atoms with Crippen LogP contribution in [-0.4, -0.2) is 21.0 Å². The van der Waals surface area contributed by atoms with Gasteiger partial charge < -0.3 is 15.7 Å². The highest BCUT2D eigenvalue weighted by atomic mass is 16.4. The van der Waals surface area contributed by atoms with Crippen molar-refractivity contribution in [2.75, 3.05) is 10.6 Å². The zero-order chi connectivity index (χ0) is 24.9. The quantitative estimate of drug-likeness (QED) is 0.239. The number of nitrogens with one attached hydrogen (secondary N) is 2. The van der Waals surface area contributed by atoms with E-state index in [9.17, 15) is 4.79 Å². The van der Waals surface area contributed by atoms with Crippen molar-refractivity contribution in [3.05, 3.63) is 102 Å². The van der Waals surface area contributed by atoms with Crippen LogP contribution in [0.1, 0.15) is 49.3 Å². The van der Waals surface area contributed by atoms with Crippen molar-refractivity contribution in [1.29, 1.82) is 0 Å². The number of carboxylic acids is 1. The Balaban J connectivity index is 1.37. The Labute approximate surface area is 211 Å². The summed E-state index contributed by atoms with van der Waals surface area (Å²) in [6.45, 7) is 2.11. The van der Waals surface area contributed by atoms with Gasteiger partial charge in [0.25, 0.3) is 0 Å². The molecule has 1 aliphatic rings. The number of aliphatic carboxylic acids is 1. The molecule has 3 atom stereocenters. The van der Waals surface area contributed by atoms with E-state index in [4.69, 9.17) is 15.1 Å². The highest BCUT2D eigenvalue weighted by molar-refractivity contribution is 5.68. The predicted molar refractivity (Wildman–Crippen MR) is 143 cm³/mol. The molecule has 1 aliphatic carbocycles. The van der Waals surface area contributed by atoms with Gasteiger partial charge in [0.2, 0.25) is 5.95 Å². The fourth-order valence-electron chi connectivity index (χ4n) is 4.80. The van der Waals surface area contributed by atoms with Crippen LogP contribution in [0, 0.1) is 5.92 Å². The molecule has 3 N–H and O–H groups in total. The Morgan fingerprint density at radius 3 is 2.28 bits per heavy atom. The van der Waals surface area contributed by atoms with Gasteiger partial charge in [0.15, 0.2) is 0 Å². The monoisotopic (exact) mass is 478 g/mol. The molecular weight excluding hydrogens is 448 g/mol. The van der Waals surface area contributed by atoms with Gasteiger partial charge in [-0.25, -0.2) is 4.98 Å². The molecule has 182 valence electrons. The van der Waals surface area contributed by atoms with Crippen molar-refractivity contribution in [1.82, 2.24) is 9.97 Å². The maximum atomic E-state index is 11.1. The van der Waals surface area contributed by atoms with E-state index in [1.54, 1.807) is 0 Å². The van der Waals surface area contributed by atoms with E-state index < -0.39 is 5.97 Å². The molecule has 0 spiro atoms. The van der Waals surface area contributed by atoms with E-state index >= 15 is 0 Å². The van der Waals surface area contributed by atoms with Crippen LogP contribution >= 0.6 is 0 Å². The topological polar surface area (TPSA) is 87.1 Å². The minimum Gasteiger partial charge on any atom is -0.481 e. The average molecular weight is 479 g/mol. The second-order valence-electron chi connectivity index (χ2n) is 9.39. The number of anilines is 3. The number of carboxylic acid groups (broad SMARTS) is 1. The van der Waals surface area contributed by atoms with E-state index in [1.807, 2.05) is 66.7 Å². The Hall–Kier alpha value is -4.19. The maximum absolute atomic E-state index is 11.1. The second-order valence-corrected chi connectivity index (χ2v) is 9.39. The summed E-state index contributed by atoms with van der Waals surface area (Å²) in [6.07, 6.45) is 2.26. The number of aromatic nitrogens is 2. The molecule has 4 aromatic rings. The third kappa shape index (κ3) is 5.54. The van der Waals surface area contributed by atoms with E-state index in [0.717, 1.165) is 35.6 Å². The maximum Gasteiger partial charge on any atom is 0.303 e. The molecule has 0 saturated heterocycles. The fourth-order valence-corrected chi connectivity index (χ4v) is 4.80. The molecule has 6 nitrogen and oxygen atoms in total. The first-order valence-electron chi connectivity index (χ1n) is 12.4. The van der Waals surface area contributed by atoms with Gasteiger partial charge in [-0.15, -0.1) is 0 Å². The van der Waals surface area contributed by atoms with Gasteiger partial charge in [-0.05, 0) is 54.9 Å². The molecular formula is C30H30N4O2. The van der Waals surface area contributed by atoms with Crippen molar-refractivity contribution < 1.29 is 9.90 Å². The number of rotatable bonds is 9. The van der Waals surface area contributed by atoms with Gasteiger partial charge >= 0.3 is 5.97 Å². The summed E-state index contributed by atoms with van der Waals surface area (Å²) >= 11 is 0. The van der Waals surface area contributed by atoms with Crippen LogP contribution in [0.25, 0.3) is 11.3 Å². The number of hydrogen-bond donors (Lipinski definition) is 3. The molecule has 3 aromatic carbocycles. The van der Waals surface area contributed by atoms with E-state index in [0.29, 0.717) is 11.9 Å². The molecule has 1 fully saturated rings. The van der Waals surface area contributed by atoms with Gasteiger partial charge in [0.05, 0.1) is 5.69 Å². The van der Waals surface area contributed by atoms with Gasteiger partial charge in [-0.1, -0.05) is 72.8 Å². The van der Waals surface area contributed by atoms with E-state index in [-0.39, 0.29) is 18.4 Å². The summed E-state index contributed by atoms with van der Waals surface area (Å²) < 4.78 is 0. The van der Waals surface area contributed by atoms with Gasteiger partial charge in [0, 0.05) is 29.8 Å². The van der Waals surface area contributed by atoms with Crippen molar-refractivity contribution in [2.45, 2.75) is 38.1 Å². The third-order valence-electron chi connectivity index (χ3n) is 6.91. The molecule has 0 amide bonds. The summed E-state index contributed by atoms with van der Waals surface area (Å²) in [4.78, 5) is 20.6. The zero-order valence-corrected chi connectivity index (χ0v) is 20.3. The first-order chi connectivity index (χ1) is 17.5. The van der Waals surface area contributed by atoms with Gasteiger partial charge in [0.1, 0.15) is 5.82 Å². The zero-order valence-electron chi connectivity index (χ0n) is 20.3. The molecule has 1 saturated carbocycles. The van der Waals surface area contributed by atoms with Crippen molar-refractivity contribution in [3.63, 3.8) is 0 Å². The Bertz CT molecular complexity index is 1310. The van der Waals surface area contributed by atoms with Crippen LogP contribution in [0.15, 0.2) is 91.0 Å². The summed E-state index contributed by atoms with van der Waals surface area (Å²) in [6, 6.07) is 30.6. The van der Waals surface area contributed by atoms with Crippen LogP contribution in [0.4, 0.5) is 17.5 Å². The average Bonchev–Trinajstić information content (AvgIpc) is 2.88. The molecule has 6 heteroatoms. The minimum absolute atomic E-state index is 0.0816. The molecule has 5 rings (SSSR count). The number of benzene rings is 3. The SMILES string of the molecule is C[C@H](Nc1cc(-c2ccccc2)nc(Nc2ccc(C3CCC3CC(=O)O)cc2)n1)c1ccccc1. The van der Waals surface area contributed by atoms with Crippen LogP contribution in [0.2, 0.25) is 0 Å². The van der Waals surface area contributed by atoms with Crippen LogP contribution in [0.5, 0.6) is 0 Å². The Kier molecular flexibility index (Phi) is 6.94. The molecule has 36 heavy (non-hydrogen) atoms. The first kappa shape index (κ1) is 23.5. The molecule has 0 aliphatic heterocycles. The lowest BCUT2D eigenvalue weighted by Gasteiger charge is -2.36. The lowest BCUT2D eigenvalue weighted by atomic mass is 9.68. The van der Waals surface area contributed by atoms with Crippen molar-refractivity contribution in [2.24, 2.45) is 5.92 Å². The second kappa shape index (κ2) is 10.6. The standard InChI is InChI=1S/C30H30N4O2/c1-20(21-8-4-2-5-9-21)31-28-19-27(23-10-6-3-7-11-23)33-30(34-28)32-25-15-12-22(13-16-25)26-17-14-24(26)18-29(35)36/h2-13,15-16,19-20,24,26H,14,17-18H2,1H3,(H,35,36)(H2,31,32,33,34)/t20-,24?,26?/m0/s1. The lowest BCUT2D eigenvalue weighted by Crippen LogP contribution is -2.26. The highest BCUT2D eigenvalue weighted by Crippen LogP contribution is 2.44. The molecule has 1 aromatic heterocycles. The summed E-state index contributed by atoms with van der Waals surface area (Å²) in [5.74, 6) is 1.09. The molecule has 1 heterocycles. The van der Waals surface area contributed by atoms with Gasteiger partial charge in [-0.3, -0.25) is 4.79 Å². The number of carbonyl (C=O) groups is 1.